The fourth-order valence-corrected chi connectivity index (χ4v) is 3.83. The summed E-state index contributed by atoms with van der Waals surface area (Å²) in [5.74, 6) is 0.455. The van der Waals surface area contributed by atoms with Gasteiger partial charge in [0.05, 0.1) is 11.1 Å². The molecule has 2 nitrogen and oxygen atoms in total. The van der Waals surface area contributed by atoms with Gasteiger partial charge in [-0.3, -0.25) is 4.79 Å². The summed E-state index contributed by atoms with van der Waals surface area (Å²) in [4.78, 5) is 12.5. The molecule has 0 radical (unpaired) electrons. The van der Waals surface area contributed by atoms with Gasteiger partial charge in [0.1, 0.15) is 12.4 Å². The van der Waals surface area contributed by atoms with Gasteiger partial charge in [-0.2, -0.15) is 26.3 Å². The van der Waals surface area contributed by atoms with Gasteiger partial charge in [0, 0.05) is 5.56 Å². The van der Waals surface area contributed by atoms with Gasteiger partial charge in [-0.1, -0.05) is 48.5 Å². The molecule has 0 aromatic heterocycles. The third kappa shape index (κ3) is 6.62. The van der Waals surface area contributed by atoms with Crippen LogP contribution in [0.1, 0.15) is 28.5 Å². The van der Waals surface area contributed by atoms with E-state index in [1.54, 1.807) is 0 Å². The maximum absolute atomic E-state index is 13.3. The Morgan fingerprint density at radius 1 is 0.781 bits per heavy atom. The first-order valence-electron chi connectivity index (χ1n) is 8.91. The molecule has 0 aliphatic carbocycles. The zero-order chi connectivity index (χ0) is 22.6. The molecule has 0 aliphatic rings. The predicted molar refractivity (Wildman–Crippen MR) is 107 cm³/mol. The van der Waals surface area contributed by atoms with Crippen LogP contribution in [-0.4, -0.2) is 5.52 Å². The first-order valence-corrected chi connectivity index (χ1v) is 9.91. The van der Waals surface area contributed by atoms with E-state index in [1.807, 2.05) is 30.3 Å². The van der Waals surface area contributed by atoms with Crippen molar-refractivity contribution in [1.82, 2.24) is 0 Å². The molecule has 0 fully saturated rings. The SMILES string of the molecule is O=C(Pc1ccc(OCc2ccccc2)cc1)c1c(C(F)(F)F)cccc1C(F)(F)F.[H-].[Li+]. The van der Waals surface area contributed by atoms with Crippen molar-refractivity contribution >= 4 is 19.4 Å². The summed E-state index contributed by atoms with van der Waals surface area (Å²) in [5, 5.41) is 0.294. The molecule has 0 saturated carbocycles. The molecule has 3 aromatic carbocycles. The van der Waals surface area contributed by atoms with E-state index in [-0.39, 0.29) is 26.9 Å². The van der Waals surface area contributed by atoms with Crippen LogP contribution in [0.25, 0.3) is 0 Å². The fraction of sp³-hybridized carbons (Fsp3) is 0.136. The summed E-state index contributed by atoms with van der Waals surface area (Å²) in [7, 11) is -0.917. The van der Waals surface area contributed by atoms with E-state index in [0.717, 1.165) is 5.56 Å². The van der Waals surface area contributed by atoms with Gasteiger partial charge in [-0.25, -0.2) is 0 Å². The zero-order valence-corrected chi connectivity index (χ0v) is 17.7. The molecule has 3 aromatic rings. The number of alkyl halides is 6. The van der Waals surface area contributed by atoms with E-state index in [0.29, 0.717) is 29.3 Å². The summed E-state index contributed by atoms with van der Waals surface area (Å²) < 4.78 is 85.1. The summed E-state index contributed by atoms with van der Waals surface area (Å²) in [6.07, 6.45) is -10.2. The molecule has 0 spiro atoms. The molecule has 1 unspecified atom stereocenters. The first-order chi connectivity index (χ1) is 14.6. The van der Waals surface area contributed by atoms with E-state index in [4.69, 9.17) is 4.74 Å². The van der Waals surface area contributed by atoms with Crippen LogP contribution < -0.4 is 28.9 Å². The number of hydrogen-bond acceptors (Lipinski definition) is 2. The Labute approximate surface area is 195 Å². The quantitative estimate of drug-likeness (QED) is 0.317. The predicted octanol–water partition coefficient (Wildman–Crippen LogP) is 3.56. The largest absolute Gasteiger partial charge is 1.00 e. The van der Waals surface area contributed by atoms with Crippen LogP contribution in [0.4, 0.5) is 26.3 Å². The van der Waals surface area contributed by atoms with Crippen molar-refractivity contribution in [3.63, 3.8) is 0 Å². The first kappa shape index (κ1) is 26.0. The Morgan fingerprint density at radius 2 is 1.31 bits per heavy atom. The van der Waals surface area contributed by atoms with Gasteiger partial charge in [-0.05, 0) is 43.7 Å². The molecule has 3 rings (SSSR count). The fourth-order valence-electron chi connectivity index (χ4n) is 2.84. The van der Waals surface area contributed by atoms with Crippen molar-refractivity contribution in [2.24, 2.45) is 0 Å². The molecule has 0 aliphatic heterocycles. The molecule has 0 heterocycles. The monoisotopic (exact) mass is 464 g/mol. The van der Waals surface area contributed by atoms with Crippen LogP contribution in [0.5, 0.6) is 5.75 Å². The number of ether oxygens (including phenoxy) is 1. The second kappa shape index (κ2) is 10.6. The van der Waals surface area contributed by atoms with Gasteiger partial charge in [0.25, 0.3) is 0 Å². The van der Waals surface area contributed by atoms with Gasteiger partial charge >= 0.3 is 31.2 Å². The van der Waals surface area contributed by atoms with Crippen molar-refractivity contribution in [2.45, 2.75) is 19.0 Å². The van der Waals surface area contributed by atoms with E-state index in [2.05, 4.69) is 0 Å². The summed E-state index contributed by atoms with van der Waals surface area (Å²) in [6, 6.07) is 16.8. The molecular weight excluding hydrogens is 448 g/mol. The Balaban J connectivity index is 0.00000272. The van der Waals surface area contributed by atoms with E-state index in [1.165, 1.54) is 24.3 Å². The molecule has 1 atom stereocenters. The van der Waals surface area contributed by atoms with Crippen molar-refractivity contribution in [1.29, 1.82) is 0 Å². The third-order valence-electron chi connectivity index (χ3n) is 4.26. The number of carbonyl (C=O) groups excluding carboxylic acids is 1. The third-order valence-corrected chi connectivity index (χ3v) is 5.36. The molecule has 0 saturated heterocycles. The normalized spacial score (nSPS) is 11.9. The Kier molecular flexibility index (Phi) is 8.59. The Hall–Kier alpha value is -2.26. The van der Waals surface area contributed by atoms with Crippen LogP contribution >= 0.6 is 8.58 Å². The topological polar surface area (TPSA) is 26.3 Å². The van der Waals surface area contributed by atoms with E-state index in [9.17, 15) is 31.1 Å². The zero-order valence-electron chi connectivity index (χ0n) is 17.7. The van der Waals surface area contributed by atoms with Crippen molar-refractivity contribution in [2.75, 3.05) is 0 Å². The molecular formula is C22H16F6LiO2P. The average Bonchev–Trinajstić information content (AvgIpc) is 2.72. The molecule has 0 amide bonds. The van der Waals surface area contributed by atoms with Crippen molar-refractivity contribution in [3.8, 4) is 5.75 Å². The maximum atomic E-state index is 13.3. The molecule has 10 heteroatoms. The van der Waals surface area contributed by atoms with Crippen LogP contribution in [0, 0.1) is 0 Å². The minimum absolute atomic E-state index is 0. The summed E-state index contributed by atoms with van der Waals surface area (Å²) in [6.45, 7) is 0.287. The molecule has 32 heavy (non-hydrogen) atoms. The van der Waals surface area contributed by atoms with Gasteiger partial charge in [0.2, 0.25) is 0 Å². The second-order valence-electron chi connectivity index (χ2n) is 6.48. The summed E-state index contributed by atoms with van der Waals surface area (Å²) >= 11 is 0. The second-order valence-corrected chi connectivity index (χ2v) is 7.76. The van der Waals surface area contributed by atoms with Gasteiger partial charge in [-0.15, -0.1) is 0 Å². The standard InChI is InChI=1S/C22H15F6O2P.Li.H/c23-21(24,25)17-7-4-8-18(22(26,27)28)19(17)20(29)31-16-11-9-15(10-12-16)30-13-14-5-2-1-3-6-14;;/h1-12,31H,13H2;;/q;+1;-1. The van der Waals surface area contributed by atoms with E-state index >= 15 is 0 Å². The number of halogens is 6. The minimum atomic E-state index is -5.09. The van der Waals surface area contributed by atoms with Gasteiger partial charge < -0.3 is 6.16 Å². The summed E-state index contributed by atoms with van der Waals surface area (Å²) in [5.41, 5.74) is -4.86. The van der Waals surface area contributed by atoms with Gasteiger partial charge in [0.15, 0.2) is 5.52 Å². The smallest absolute Gasteiger partial charge is 1.00 e. The van der Waals surface area contributed by atoms with Crippen molar-refractivity contribution in [3.05, 3.63) is 95.1 Å². The van der Waals surface area contributed by atoms with E-state index < -0.39 is 43.1 Å². The number of rotatable bonds is 6. The van der Waals surface area contributed by atoms with Crippen LogP contribution in [-0.2, 0) is 19.0 Å². The Bertz CT molecular complexity index is 1020. The number of hydrogen-bond donors (Lipinski definition) is 0. The Morgan fingerprint density at radius 3 is 1.81 bits per heavy atom. The van der Waals surface area contributed by atoms with Crippen LogP contribution in [0.2, 0.25) is 0 Å². The van der Waals surface area contributed by atoms with Crippen LogP contribution in [0.15, 0.2) is 72.8 Å². The minimum Gasteiger partial charge on any atom is -1.00 e. The molecule has 0 bridgehead atoms. The maximum Gasteiger partial charge on any atom is 1.00 e. The van der Waals surface area contributed by atoms with Crippen LogP contribution in [0.3, 0.4) is 0 Å². The molecule has 0 N–H and O–H groups in total. The average molecular weight is 464 g/mol. The number of benzene rings is 3. The number of carbonyl (C=O) groups is 1. The van der Waals surface area contributed by atoms with Crippen molar-refractivity contribution < 1.29 is 56.2 Å². The molecule has 164 valence electrons.